The lowest BCUT2D eigenvalue weighted by atomic mass is 10.3. The first-order valence-corrected chi connectivity index (χ1v) is 8.86. The molecule has 0 aliphatic carbocycles. The van der Waals surface area contributed by atoms with Gasteiger partial charge in [-0.3, -0.25) is 0 Å². The number of hydrogen-bond acceptors (Lipinski definition) is 5. The molecule has 124 valence electrons. The van der Waals surface area contributed by atoms with E-state index in [9.17, 15) is 0 Å². The molecule has 0 unspecified atom stereocenters. The summed E-state index contributed by atoms with van der Waals surface area (Å²) in [5.41, 5.74) is 0. The van der Waals surface area contributed by atoms with Crippen molar-refractivity contribution in [3.63, 3.8) is 0 Å². The van der Waals surface area contributed by atoms with Crippen LogP contribution in [0.25, 0.3) is 0 Å². The number of nitrogens with zero attached hydrogens (tertiary/aromatic N) is 3. The number of halogens is 2. The van der Waals surface area contributed by atoms with Gasteiger partial charge in [-0.05, 0) is 43.4 Å². The number of H-pyrrole nitrogens is 1. The van der Waals surface area contributed by atoms with E-state index in [0.717, 1.165) is 4.88 Å². The van der Waals surface area contributed by atoms with Crippen LogP contribution in [0.15, 0.2) is 35.4 Å². The molecule has 1 N–H and O–H groups in total. The van der Waals surface area contributed by atoms with Crippen LogP contribution >= 0.6 is 46.8 Å². The van der Waals surface area contributed by atoms with E-state index < -0.39 is 0 Å². The topological polar surface area (TPSA) is 55.2 Å². The minimum absolute atomic E-state index is 0.122. The third-order valence-electron chi connectivity index (χ3n) is 3.04. The molecule has 0 saturated carbocycles. The summed E-state index contributed by atoms with van der Waals surface area (Å²) in [6, 6.07) is 9.19. The van der Waals surface area contributed by atoms with Gasteiger partial charge in [0.05, 0.1) is 16.3 Å². The third kappa shape index (κ3) is 3.87. The van der Waals surface area contributed by atoms with Gasteiger partial charge in [-0.1, -0.05) is 29.3 Å². The predicted octanol–water partition coefficient (Wildman–Crippen LogP) is 5.08. The lowest BCUT2D eigenvalue weighted by Crippen LogP contribution is -2.04. The molecule has 9 heteroatoms. The Balaban J connectivity index is 1.80. The summed E-state index contributed by atoms with van der Waals surface area (Å²) in [5.74, 6) is 0.916. The van der Waals surface area contributed by atoms with Gasteiger partial charge in [-0.15, -0.1) is 11.3 Å². The second-order valence-electron chi connectivity index (χ2n) is 4.79. The number of nitrogens with one attached hydrogen (secondary N) is 1. The summed E-state index contributed by atoms with van der Waals surface area (Å²) in [6.45, 7) is 2.16. The molecule has 3 rings (SSSR count). The Bertz CT molecular complexity index is 925. The molecule has 0 amide bonds. The molecule has 0 aliphatic heterocycles. The second kappa shape index (κ2) is 7.48. The molecule has 2 aromatic heterocycles. The van der Waals surface area contributed by atoms with Crippen LogP contribution in [0.1, 0.15) is 15.6 Å². The van der Waals surface area contributed by atoms with E-state index >= 15 is 0 Å². The zero-order valence-electron chi connectivity index (χ0n) is 12.5. The highest BCUT2D eigenvalue weighted by Crippen LogP contribution is 2.32. The predicted molar refractivity (Wildman–Crippen MR) is 100 cm³/mol. The van der Waals surface area contributed by atoms with E-state index in [1.165, 1.54) is 9.55 Å². The molecule has 2 heterocycles. The maximum atomic E-state index is 6.09. The van der Waals surface area contributed by atoms with Crippen LogP contribution in [-0.2, 0) is 6.61 Å². The van der Waals surface area contributed by atoms with Crippen molar-refractivity contribution < 1.29 is 4.74 Å². The molecule has 5 nitrogen and oxygen atoms in total. The first kappa shape index (κ1) is 17.2. The lowest BCUT2D eigenvalue weighted by molar-refractivity contribution is 0.291. The lowest BCUT2D eigenvalue weighted by Gasteiger charge is -2.08. The largest absolute Gasteiger partial charge is 0.482 e. The van der Waals surface area contributed by atoms with Crippen LogP contribution in [0.2, 0.25) is 10.0 Å². The van der Waals surface area contributed by atoms with Crippen molar-refractivity contribution in [2.45, 2.75) is 13.5 Å². The van der Waals surface area contributed by atoms with Gasteiger partial charge in [-0.2, -0.15) is 14.9 Å². The molecule has 0 saturated heterocycles. The van der Waals surface area contributed by atoms with E-state index in [-0.39, 0.29) is 6.61 Å². The molecular weight excluding hydrogens is 387 g/mol. The van der Waals surface area contributed by atoms with E-state index in [1.54, 1.807) is 35.8 Å². The molecule has 1 aromatic carbocycles. The Morgan fingerprint density at radius 1 is 1.33 bits per heavy atom. The van der Waals surface area contributed by atoms with Crippen molar-refractivity contribution in [3.8, 4) is 5.75 Å². The Kier molecular flexibility index (Phi) is 5.35. The Morgan fingerprint density at radius 3 is 2.75 bits per heavy atom. The number of aryl methyl sites for hydroxylation is 1. The molecule has 0 spiro atoms. The molecule has 0 fully saturated rings. The normalized spacial score (nSPS) is 11.3. The van der Waals surface area contributed by atoms with E-state index in [4.69, 9.17) is 40.2 Å². The van der Waals surface area contributed by atoms with Crippen molar-refractivity contribution >= 4 is 53.0 Å². The van der Waals surface area contributed by atoms with Gasteiger partial charge in [-0.25, -0.2) is 5.10 Å². The highest BCUT2D eigenvalue weighted by molar-refractivity contribution is 7.71. The maximum absolute atomic E-state index is 6.09. The monoisotopic (exact) mass is 398 g/mol. The van der Waals surface area contributed by atoms with E-state index in [0.29, 0.717) is 26.4 Å². The van der Waals surface area contributed by atoms with Crippen molar-refractivity contribution in [2.24, 2.45) is 5.10 Å². The van der Waals surface area contributed by atoms with Gasteiger partial charge in [0, 0.05) is 9.75 Å². The van der Waals surface area contributed by atoms with Gasteiger partial charge in [0.15, 0.2) is 11.6 Å². The van der Waals surface area contributed by atoms with Crippen molar-refractivity contribution in [3.05, 3.63) is 60.7 Å². The zero-order chi connectivity index (χ0) is 17.1. The fourth-order valence-electron chi connectivity index (χ4n) is 1.93. The minimum atomic E-state index is 0.122. The molecule has 0 radical (unpaired) electrons. The van der Waals surface area contributed by atoms with E-state index in [2.05, 4.69) is 15.3 Å². The van der Waals surface area contributed by atoms with Gasteiger partial charge in [0.25, 0.3) is 0 Å². The number of rotatable bonds is 5. The van der Waals surface area contributed by atoms with Gasteiger partial charge >= 0.3 is 0 Å². The molecule has 0 aliphatic rings. The standard InChI is InChI=1S/C15H12Cl2N4OS2/c1-9-5-6-10(24-9)7-18-21-13(19-20-15(21)23)8-22-14-11(16)3-2-4-12(14)17/h2-7H,8H2,1H3,(H,20,23)/b18-7-. The second-order valence-corrected chi connectivity index (χ2v) is 7.31. The fourth-order valence-corrected chi connectivity index (χ4v) is 3.38. The average Bonchev–Trinajstić information content (AvgIpc) is 3.11. The summed E-state index contributed by atoms with van der Waals surface area (Å²) in [7, 11) is 0. The van der Waals surface area contributed by atoms with Crippen LogP contribution in [-0.4, -0.2) is 21.1 Å². The quantitative estimate of drug-likeness (QED) is 0.481. The zero-order valence-corrected chi connectivity index (χ0v) is 15.6. The van der Waals surface area contributed by atoms with Gasteiger partial charge < -0.3 is 4.74 Å². The van der Waals surface area contributed by atoms with Crippen LogP contribution in [0, 0.1) is 11.7 Å². The third-order valence-corrected chi connectivity index (χ3v) is 4.84. The summed E-state index contributed by atoms with van der Waals surface area (Å²) in [4.78, 5) is 2.24. The maximum Gasteiger partial charge on any atom is 0.216 e. The Morgan fingerprint density at radius 2 is 2.08 bits per heavy atom. The van der Waals surface area contributed by atoms with Crippen molar-refractivity contribution in [1.82, 2.24) is 14.9 Å². The number of para-hydroxylation sites is 1. The van der Waals surface area contributed by atoms with Crippen LogP contribution in [0.3, 0.4) is 0 Å². The molecule has 3 aromatic rings. The first-order chi connectivity index (χ1) is 11.5. The highest BCUT2D eigenvalue weighted by atomic mass is 35.5. The van der Waals surface area contributed by atoms with Crippen LogP contribution < -0.4 is 4.74 Å². The smallest absolute Gasteiger partial charge is 0.216 e. The summed E-state index contributed by atoms with van der Waals surface area (Å²) >= 11 is 19.0. The summed E-state index contributed by atoms with van der Waals surface area (Å²) < 4.78 is 7.57. The molecule has 24 heavy (non-hydrogen) atoms. The summed E-state index contributed by atoms with van der Waals surface area (Å²) in [6.07, 6.45) is 1.73. The molecule has 0 atom stereocenters. The van der Waals surface area contributed by atoms with Crippen LogP contribution in [0.5, 0.6) is 5.75 Å². The number of aromatic nitrogens is 3. The van der Waals surface area contributed by atoms with Crippen molar-refractivity contribution in [1.29, 1.82) is 0 Å². The van der Waals surface area contributed by atoms with Gasteiger partial charge in [0.2, 0.25) is 4.77 Å². The van der Waals surface area contributed by atoms with Gasteiger partial charge in [0.1, 0.15) is 6.61 Å². The highest BCUT2D eigenvalue weighted by Gasteiger charge is 2.10. The average molecular weight is 399 g/mol. The van der Waals surface area contributed by atoms with Crippen molar-refractivity contribution in [2.75, 3.05) is 0 Å². The number of hydrogen-bond donors (Lipinski definition) is 1. The van der Waals surface area contributed by atoms with Crippen LogP contribution in [0.4, 0.5) is 0 Å². The Labute approximate surface area is 157 Å². The Hall–Kier alpha value is -1.67. The minimum Gasteiger partial charge on any atom is -0.482 e. The first-order valence-electron chi connectivity index (χ1n) is 6.88. The van der Waals surface area contributed by atoms with E-state index in [1.807, 2.05) is 19.1 Å². The molecular formula is C15H12Cl2N4OS2. The summed E-state index contributed by atoms with van der Waals surface area (Å²) in [5, 5.41) is 12.1. The number of aromatic amines is 1. The molecule has 0 bridgehead atoms. The number of ether oxygens (including phenoxy) is 1. The SMILES string of the molecule is Cc1ccc(/C=N\n2c(COc3c(Cl)cccc3Cl)n[nH]c2=S)s1. The fraction of sp³-hybridized carbons (Fsp3) is 0.133. The number of benzene rings is 1. The number of thiophene rings is 1.